The molecule has 10 nitrogen and oxygen atoms in total. The van der Waals surface area contributed by atoms with Gasteiger partial charge in [0.25, 0.3) is 0 Å². The number of rotatable bonds is 5. The average Bonchev–Trinajstić information content (AvgIpc) is 4.09. The second kappa shape index (κ2) is 17.9. The molecule has 0 amide bonds. The monoisotopic (exact) mass is 760 g/mol. The fraction of sp³-hybridized carbons (Fsp3) is 0.524. The molecule has 8 rings (SSSR count). The van der Waals surface area contributed by atoms with E-state index in [0.29, 0.717) is 34.2 Å². The normalized spacial score (nSPS) is 20.4. The van der Waals surface area contributed by atoms with Crippen molar-refractivity contribution in [1.82, 2.24) is 19.8 Å². The largest absolute Gasteiger partial charge is 2.00 e. The summed E-state index contributed by atoms with van der Waals surface area (Å²) in [6.07, 6.45) is 15.5. The number of nitriles is 2. The summed E-state index contributed by atoms with van der Waals surface area (Å²) in [7, 11) is 0. The van der Waals surface area contributed by atoms with Crippen LogP contribution in [0.3, 0.4) is 0 Å². The van der Waals surface area contributed by atoms with E-state index >= 15 is 0 Å². The van der Waals surface area contributed by atoms with Crippen LogP contribution in [0.4, 0.5) is 0 Å². The number of pyridine rings is 2. The molecule has 6 aliphatic rings. The van der Waals surface area contributed by atoms with Gasteiger partial charge in [-0.25, -0.2) is 0 Å². The summed E-state index contributed by atoms with van der Waals surface area (Å²) in [5.74, 6) is -0.221. The molecular formula is C42H49ClMgN6O4. The molecule has 0 radical (unpaired) electrons. The van der Waals surface area contributed by atoms with Gasteiger partial charge in [-0.2, -0.15) is 24.4 Å². The van der Waals surface area contributed by atoms with Crippen molar-refractivity contribution in [3.63, 3.8) is 0 Å². The number of carbonyl (C=O) groups excluding carboxylic acids is 3. The number of aromatic nitrogens is 2. The minimum atomic E-state index is -0.652. The number of aldehydes is 1. The Morgan fingerprint density at radius 1 is 0.778 bits per heavy atom. The van der Waals surface area contributed by atoms with Gasteiger partial charge in [0.15, 0.2) is 17.9 Å². The SMILES string of the molecule is CC(C)C(O)c1cc2c(cn1)CC(=O)C(C#N)=C2N1CCC2(CC1)CC2.C[CH-]C.N#CC1=C(N2CCC3(CC2)CC3)c2cc(C=O)ncc2CC1=O.[Cl-].[Mg+2]. The van der Waals surface area contributed by atoms with Crippen LogP contribution in [-0.2, 0) is 22.4 Å². The molecule has 2 saturated heterocycles. The maximum atomic E-state index is 12.5. The third kappa shape index (κ3) is 8.92. The molecule has 2 aliphatic heterocycles. The van der Waals surface area contributed by atoms with E-state index in [1.807, 2.05) is 40.2 Å². The number of allylic oxidation sites excluding steroid dienone is 2. The number of ketones is 2. The van der Waals surface area contributed by atoms with Gasteiger partial charge in [0.1, 0.15) is 29.0 Å². The molecular weight excluding hydrogens is 712 g/mol. The standard InChI is InChI=1S/C21H25N3O2.C18H17N3O2.C3H7.ClH.Mg/c1-13(2)20(26)17-10-15-14(12-23-17)9-18(25)16(11-22)19(15)24-7-5-21(3-4-21)6-8-24;19-9-15-16(23)7-12-10-20-13(11-22)8-14(12)17(15)21-5-3-18(1-2-18)4-6-21;1-3-2;;/h10,12-13,20,26H,3-9H2,1-2H3;8,10-11H,1-7H2;3H,1-2H3;1H;/q;;-1;;+2/p-1. The first kappa shape index (κ1) is 43.1. The molecule has 2 spiro atoms. The zero-order valence-corrected chi connectivity index (χ0v) is 34.1. The molecule has 1 atom stereocenters. The van der Waals surface area contributed by atoms with Gasteiger partial charge in [0.2, 0.25) is 0 Å². The van der Waals surface area contributed by atoms with E-state index in [1.54, 1.807) is 18.5 Å². The first-order valence-electron chi connectivity index (χ1n) is 18.7. The molecule has 280 valence electrons. The van der Waals surface area contributed by atoms with Crippen LogP contribution in [0, 0.1) is 45.8 Å². The van der Waals surface area contributed by atoms with Crippen LogP contribution in [0.25, 0.3) is 11.4 Å². The molecule has 0 bridgehead atoms. The molecule has 0 aromatic carbocycles. The van der Waals surface area contributed by atoms with Crippen LogP contribution < -0.4 is 12.4 Å². The van der Waals surface area contributed by atoms with E-state index in [0.717, 1.165) is 79.8 Å². The second-order valence-corrected chi connectivity index (χ2v) is 15.8. The number of hydrogen-bond donors (Lipinski definition) is 1. The summed E-state index contributed by atoms with van der Waals surface area (Å²) in [4.78, 5) is 48.7. The number of nitrogens with zero attached hydrogens (tertiary/aromatic N) is 6. The average molecular weight is 762 g/mol. The summed E-state index contributed by atoms with van der Waals surface area (Å²) in [6.45, 7) is 11.4. The van der Waals surface area contributed by atoms with Crippen LogP contribution >= 0.6 is 0 Å². The summed E-state index contributed by atoms with van der Waals surface area (Å²) in [5.41, 5.74) is 7.35. The van der Waals surface area contributed by atoms with Crippen LogP contribution in [-0.4, -0.2) is 92.0 Å². The van der Waals surface area contributed by atoms with Crippen LogP contribution in [0.15, 0.2) is 35.7 Å². The first-order chi connectivity index (χ1) is 25.0. The predicted octanol–water partition coefficient (Wildman–Crippen LogP) is 2.99. The van der Waals surface area contributed by atoms with Crippen molar-refractivity contribution < 1.29 is 31.9 Å². The van der Waals surface area contributed by atoms with Crippen LogP contribution in [0.1, 0.15) is 124 Å². The predicted molar refractivity (Wildman–Crippen MR) is 202 cm³/mol. The topological polar surface area (TPSA) is 151 Å². The Labute approximate surface area is 341 Å². The zero-order chi connectivity index (χ0) is 37.2. The quantitative estimate of drug-likeness (QED) is 0.274. The number of carbonyl (C=O) groups is 3. The molecule has 4 fully saturated rings. The van der Waals surface area contributed by atoms with Crippen LogP contribution in [0.5, 0.6) is 0 Å². The summed E-state index contributed by atoms with van der Waals surface area (Å²) < 4.78 is 0. The van der Waals surface area contributed by atoms with E-state index in [1.165, 1.54) is 25.7 Å². The van der Waals surface area contributed by atoms with Crippen molar-refractivity contribution in [3.05, 3.63) is 75.7 Å². The van der Waals surface area contributed by atoms with Gasteiger partial charge in [-0.1, -0.05) is 13.8 Å². The smallest absolute Gasteiger partial charge is 1.00 e. The maximum absolute atomic E-state index is 12.5. The van der Waals surface area contributed by atoms with Crippen molar-refractivity contribution in [2.45, 2.75) is 98.0 Å². The Kier molecular flexibility index (Phi) is 14.3. The van der Waals surface area contributed by atoms with E-state index in [4.69, 9.17) is 0 Å². The third-order valence-electron chi connectivity index (χ3n) is 11.7. The van der Waals surface area contributed by atoms with Gasteiger partial charge in [-0.3, -0.25) is 24.4 Å². The van der Waals surface area contributed by atoms with Gasteiger partial charge in [-0.15, -0.1) is 0 Å². The third-order valence-corrected chi connectivity index (χ3v) is 11.7. The molecule has 4 aliphatic carbocycles. The summed E-state index contributed by atoms with van der Waals surface area (Å²) in [6, 6.07) is 7.85. The number of aliphatic hydroxyl groups is 1. The molecule has 4 heterocycles. The number of likely N-dealkylation sites (tertiary alicyclic amines) is 2. The fourth-order valence-electron chi connectivity index (χ4n) is 8.00. The Morgan fingerprint density at radius 3 is 1.56 bits per heavy atom. The number of halogens is 1. The van der Waals surface area contributed by atoms with Crippen molar-refractivity contribution >= 4 is 52.3 Å². The number of hydrogen-bond acceptors (Lipinski definition) is 10. The fourth-order valence-corrected chi connectivity index (χ4v) is 8.00. The Balaban J connectivity index is 0.000000218. The summed E-state index contributed by atoms with van der Waals surface area (Å²) >= 11 is 0. The van der Waals surface area contributed by atoms with Crippen molar-refractivity contribution in [1.29, 1.82) is 10.5 Å². The number of Topliss-reactive ketones (excluding diaryl/α,β-unsaturated/α-hetero) is 2. The zero-order valence-electron chi connectivity index (χ0n) is 32.0. The van der Waals surface area contributed by atoms with Crippen LogP contribution in [0.2, 0.25) is 0 Å². The number of aliphatic hydroxyl groups excluding tert-OH is 1. The van der Waals surface area contributed by atoms with E-state index in [9.17, 15) is 30.0 Å². The first-order valence-corrected chi connectivity index (χ1v) is 18.7. The van der Waals surface area contributed by atoms with E-state index in [-0.39, 0.29) is 76.9 Å². The maximum Gasteiger partial charge on any atom is 2.00 e. The summed E-state index contributed by atoms with van der Waals surface area (Å²) in [5, 5.41) is 29.6. The van der Waals surface area contributed by atoms with Crippen molar-refractivity contribution in [2.75, 3.05) is 26.2 Å². The van der Waals surface area contributed by atoms with Gasteiger partial charge >= 0.3 is 23.1 Å². The van der Waals surface area contributed by atoms with Gasteiger partial charge in [0.05, 0.1) is 23.2 Å². The molecule has 2 aromatic heterocycles. The minimum absolute atomic E-state index is 0. The van der Waals surface area contributed by atoms with Gasteiger partial charge in [0, 0.05) is 62.5 Å². The number of fused-ring (bicyclic) bond motifs is 2. The molecule has 2 saturated carbocycles. The van der Waals surface area contributed by atoms with E-state index in [2.05, 4.69) is 31.9 Å². The van der Waals surface area contributed by atoms with Gasteiger partial charge < -0.3 is 33.7 Å². The van der Waals surface area contributed by atoms with E-state index < -0.39 is 6.10 Å². The molecule has 1 N–H and O–H groups in total. The molecule has 54 heavy (non-hydrogen) atoms. The molecule has 1 unspecified atom stereocenters. The second-order valence-electron chi connectivity index (χ2n) is 15.8. The Hall–Kier alpha value is -3.61. The van der Waals surface area contributed by atoms with Crippen molar-refractivity contribution in [2.24, 2.45) is 16.7 Å². The molecule has 2 aromatic rings. The Morgan fingerprint density at radius 2 is 1.19 bits per heavy atom. The molecule has 12 heteroatoms. The Bertz CT molecular complexity index is 1900. The minimum Gasteiger partial charge on any atom is -1.00 e. The number of piperidine rings is 2. The van der Waals surface area contributed by atoms with Gasteiger partial charge in [-0.05, 0) is 91.4 Å². The van der Waals surface area contributed by atoms with Crippen molar-refractivity contribution in [3.8, 4) is 12.1 Å².